The van der Waals surface area contributed by atoms with Crippen LogP contribution in [0.4, 0.5) is 0 Å². The van der Waals surface area contributed by atoms with Crippen molar-refractivity contribution in [1.29, 1.82) is 0 Å². The van der Waals surface area contributed by atoms with Gasteiger partial charge in [-0.1, -0.05) is 53.4 Å². The third kappa shape index (κ3) is 4.81. The van der Waals surface area contributed by atoms with Crippen molar-refractivity contribution in [2.24, 2.45) is 0 Å². The molecule has 0 aromatic heterocycles. The zero-order chi connectivity index (χ0) is 15.3. The van der Waals surface area contributed by atoms with Gasteiger partial charge in [-0.3, -0.25) is 9.52 Å². The normalized spacial score (nSPS) is 16.6. The smallest absolute Gasteiger partial charge is 0.237 e. The van der Waals surface area contributed by atoms with Crippen LogP contribution in [0, 0.1) is 0 Å². The van der Waals surface area contributed by atoms with Crippen LogP contribution in [0.2, 0.25) is 0 Å². The number of hydrogen-bond acceptors (Lipinski definition) is 3. The van der Waals surface area contributed by atoms with Crippen LogP contribution >= 0.6 is 15.9 Å². The van der Waals surface area contributed by atoms with Gasteiger partial charge in [0.15, 0.2) is 0 Å². The summed E-state index contributed by atoms with van der Waals surface area (Å²) in [6.07, 6.45) is 4.96. The highest BCUT2D eigenvalue weighted by Crippen LogP contribution is 2.23. The fraction of sp³-hybridized carbons (Fsp3) is 0.533. The zero-order valence-corrected chi connectivity index (χ0v) is 14.2. The number of nitrogens with one attached hydrogen (secondary N) is 1. The van der Waals surface area contributed by atoms with Crippen LogP contribution in [0.3, 0.4) is 0 Å². The van der Waals surface area contributed by atoms with Crippen LogP contribution in [0.5, 0.6) is 0 Å². The van der Waals surface area contributed by atoms with Gasteiger partial charge in [-0.05, 0) is 30.9 Å². The highest BCUT2D eigenvalue weighted by atomic mass is 79.9. The van der Waals surface area contributed by atoms with Crippen molar-refractivity contribution in [1.82, 2.24) is 4.72 Å². The maximum Gasteiger partial charge on any atom is 0.237 e. The Kier molecular flexibility index (Phi) is 5.81. The summed E-state index contributed by atoms with van der Waals surface area (Å²) in [6.45, 7) is 0. The zero-order valence-electron chi connectivity index (χ0n) is 11.8. The largest absolute Gasteiger partial charge is 0.274 e. The van der Waals surface area contributed by atoms with E-state index in [-0.39, 0.29) is 6.42 Å². The summed E-state index contributed by atoms with van der Waals surface area (Å²) in [5.74, 6) is -0.420. The van der Waals surface area contributed by atoms with E-state index in [0.717, 1.165) is 29.3 Å². The summed E-state index contributed by atoms with van der Waals surface area (Å²) in [4.78, 5) is 11.9. The molecule has 2 rings (SSSR count). The van der Waals surface area contributed by atoms with Crippen LogP contribution in [-0.2, 0) is 21.2 Å². The molecule has 1 aliphatic carbocycles. The molecule has 0 bridgehead atoms. The van der Waals surface area contributed by atoms with Crippen molar-refractivity contribution in [3.63, 3.8) is 0 Å². The molecular formula is C15H20BrNO3S. The summed E-state index contributed by atoms with van der Waals surface area (Å²) in [6, 6.07) is 7.64. The van der Waals surface area contributed by atoms with E-state index in [1.54, 1.807) is 0 Å². The van der Waals surface area contributed by atoms with E-state index in [0.29, 0.717) is 19.3 Å². The second-order valence-corrected chi connectivity index (χ2v) is 8.24. The van der Waals surface area contributed by atoms with Crippen LogP contribution in [0.25, 0.3) is 0 Å². The Balaban J connectivity index is 1.88. The molecule has 1 N–H and O–H groups in total. The van der Waals surface area contributed by atoms with E-state index < -0.39 is 21.2 Å². The Bertz CT molecular complexity index is 595. The summed E-state index contributed by atoms with van der Waals surface area (Å²) in [5, 5.41) is -0.404. The number of benzene rings is 1. The van der Waals surface area contributed by atoms with Crippen molar-refractivity contribution in [2.45, 2.75) is 50.2 Å². The topological polar surface area (TPSA) is 63.2 Å². The van der Waals surface area contributed by atoms with E-state index in [2.05, 4.69) is 20.7 Å². The fourth-order valence-electron chi connectivity index (χ4n) is 2.62. The number of halogens is 1. The number of carbonyl (C=O) groups is 1. The molecule has 1 saturated carbocycles. The van der Waals surface area contributed by atoms with E-state index in [4.69, 9.17) is 0 Å². The molecule has 1 aromatic rings. The predicted molar refractivity (Wildman–Crippen MR) is 86.4 cm³/mol. The molecule has 0 atom stereocenters. The van der Waals surface area contributed by atoms with Crippen molar-refractivity contribution in [3.05, 3.63) is 34.3 Å². The van der Waals surface area contributed by atoms with Gasteiger partial charge in [-0.25, -0.2) is 8.42 Å². The van der Waals surface area contributed by atoms with Gasteiger partial charge in [0.1, 0.15) is 0 Å². The minimum absolute atomic E-state index is 0.175. The lowest BCUT2D eigenvalue weighted by atomic mass is 10.0. The Morgan fingerprint density at radius 1 is 1.19 bits per heavy atom. The van der Waals surface area contributed by atoms with Crippen molar-refractivity contribution >= 4 is 31.9 Å². The molecule has 0 spiro atoms. The van der Waals surface area contributed by atoms with Crippen molar-refractivity contribution < 1.29 is 13.2 Å². The molecule has 21 heavy (non-hydrogen) atoms. The lowest BCUT2D eigenvalue weighted by molar-refractivity contribution is -0.119. The lowest BCUT2D eigenvalue weighted by Crippen LogP contribution is -2.39. The first-order chi connectivity index (χ1) is 9.99. The molecule has 116 valence electrons. The SMILES string of the molecule is O=C(CCc1ccccc1Br)NS(=O)(=O)C1CCCCC1. The first kappa shape index (κ1) is 16.5. The monoisotopic (exact) mass is 373 g/mol. The minimum Gasteiger partial charge on any atom is -0.274 e. The summed E-state index contributed by atoms with van der Waals surface area (Å²) in [5.41, 5.74) is 1.00. The summed E-state index contributed by atoms with van der Waals surface area (Å²) < 4.78 is 27.4. The highest BCUT2D eigenvalue weighted by Gasteiger charge is 2.28. The summed E-state index contributed by atoms with van der Waals surface area (Å²) in [7, 11) is -3.51. The molecule has 0 unspecified atom stereocenters. The first-order valence-electron chi connectivity index (χ1n) is 7.27. The third-order valence-electron chi connectivity index (χ3n) is 3.83. The van der Waals surface area contributed by atoms with Gasteiger partial charge in [0.05, 0.1) is 5.25 Å². The van der Waals surface area contributed by atoms with E-state index in [9.17, 15) is 13.2 Å². The molecule has 0 saturated heterocycles. The molecule has 4 nitrogen and oxygen atoms in total. The number of carbonyl (C=O) groups excluding carboxylic acids is 1. The van der Waals surface area contributed by atoms with Gasteiger partial charge < -0.3 is 0 Å². The number of aryl methyl sites for hydroxylation is 1. The van der Waals surface area contributed by atoms with Gasteiger partial charge >= 0.3 is 0 Å². The van der Waals surface area contributed by atoms with Gasteiger partial charge in [-0.2, -0.15) is 0 Å². The van der Waals surface area contributed by atoms with Crippen LogP contribution < -0.4 is 4.72 Å². The van der Waals surface area contributed by atoms with Gasteiger partial charge in [-0.15, -0.1) is 0 Å². The molecular weight excluding hydrogens is 354 g/mol. The fourth-order valence-corrected chi connectivity index (χ4v) is 4.64. The molecule has 0 aliphatic heterocycles. The molecule has 1 aromatic carbocycles. The van der Waals surface area contributed by atoms with Crippen molar-refractivity contribution in [2.75, 3.05) is 0 Å². The average Bonchev–Trinajstić information content (AvgIpc) is 2.47. The second-order valence-electron chi connectivity index (χ2n) is 5.42. The van der Waals surface area contributed by atoms with Gasteiger partial charge in [0.25, 0.3) is 0 Å². The van der Waals surface area contributed by atoms with Gasteiger partial charge in [0, 0.05) is 10.9 Å². The minimum atomic E-state index is -3.51. The van der Waals surface area contributed by atoms with Crippen LogP contribution in [0.15, 0.2) is 28.7 Å². The quantitative estimate of drug-likeness (QED) is 0.861. The molecule has 0 radical (unpaired) electrons. The number of amides is 1. The maximum absolute atomic E-state index is 12.1. The Hall–Kier alpha value is -0.880. The Labute approximate surface area is 134 Å². The molecule has 1 aliphatic rings. The van der Waals surface area contributed by atoms with Crippen LogP contribution in [0.1, 0.15) is 44.1 Å². The van der Waals surface area contributed by atoms with E-state index >= 15 is 0 Å². The number of hydrogen-bond donors (Lipinski definition) is 1. The maximum atomic E-state index is 12.1. The van der Waals surface area contributed by atoms with Crippen molar-refractivity contribution in [3.8, 4) is 0 Å². The number of sulfonamides is 1. The molecule has 1 fully saturated rings. The standard InChI is InChI=1S/C15H20BrNO3S/c16-14-9-5-4-6-12(14)10-11-15(18)17-21(19,20)13-7-2-1-3-8-13/h4-6,9,13H,1-3,7-8,10-11H2,(H,17,18). The lowest BCUT2D eigenvalue weighted by Gasteiger charge is -2.21. The summed E-state index contributed by atoms with van der Waals surface area (Å²) >= 11 is 3.42. The predicted octanol–water partition coefficient (Wildman–Crippen LogP) is 3.16. The molecule has 6 heteroatoms. The second kappa shape index (κ2) is 7.40. The Morgan fingerprint density at radius 2 is 1.86 bits per heavy atom. The molecule has 1 amide bonds. The van der Waals surface area contributed by atoms with Gasteiger partial charge in [0.2, 0.25) is 15.9 Å². The number of rotatable bonds is 5. The first-order valence-corrected chi connectivity index (χ1v) is 9.61. The third-order valence-corrected chi connectivity index (χ3v) is 6.46. The van der Waals surface area contributed by atoms with Crippen LogP contribution in [-0.4, -0.2) is 19.6 Å². The Morgan fingerprint density at radius 3 is 2.52 bits per heavy atom. The average molecular weight is 374 g/mol. The molecule has 0 heterocycles. The van der Waals surface area contributed by atoms with E-state index in [1.807, 2.05) is 24.3 Å². The van der Waals surface area contributed by atoms with E-state index in [1.165, 1.54) is 0 Å². The highest BCUT2D eigenvalue weighted by molar-refractivity contribution is 9.10.